The van der Waals surface area contributed by atoms with E-state index in [1.54, 1.807) is 43.4 Å². The molecule has 0 aromatic heterocycles. The Kier molecular flexibility index (Phi) is 8.77. The highest BCUT2D eigenvalue weighted by Gasteiger charge is 2.72. The molecule has 2 aromatic carbocycles. The predicted molar refractivity (Wildman–Crippen MR) is 168 cm³/mol. The number of amides is 3. The second kappa shape index (κ2) is 12.7. The van der Waals surface area contributed by atoms with Crippen LogP contribution in [-0.4, -0.2) is 73.8 Å². The van der Waals surface area contributed by atoms with Gasteiger partial charge in [0.05, 0.1) is 38.8 Å². The van der Waals surface area contributed by atoms with Gasteiger partial charge in [0.2, 0.25) is 17.7 Å². The van der Waals surface area contributed by atoms with Gasteiger partial charge in [0, 0.05) is 18.3 Å². The molecule has 3 amide bonds. The zero-order chi connectivity index (χ0) is 31.7. The summed E-state index contributed by atoms with van der Waals surface area (Å²) in [7, 11) is 3.16. The number of likely N-dealkylation sites (tertiary alicyclic amines) is 1. The van der Waals surface area contributed by atoms with Crippen molar-refractivity contribution in [3.05, 3.63) is 60.2 Å². The van der Waals surface area contributed by atoms with Crippen LogP contribution in [0, 0.1) is 17.8 Å². The Morgan fingerprint density at radius 2 is 1.78 bits per heavy atom. The van der Waals surface area contributed by atoms with Gasteiger partial charge in [0.25, 0.3) is 0 Å². The van der Waals surface area contributed by atoms with Crippen molar-refractivity contribution in [3.63, 3.8) is 0 Å². The van der Waals surface area contributed by atoms with E-state index in [0.717, 1.165) is 31.2 Å². The molecule has 45 heavy (non-hydrogen) atoms. The first kappa shape index (κ1) is 31.0. The minimum absolute atomic E-state index is 0.0332. The van der Waals surface area contributed by atoms with Crippen molar-refractivity contribution in [3.8, 4) is 17.2 Å². The van der Waals surface area contributed by atoms with Crippen LogP contribution in [0.15, 0.2) is 54.6 Å². The van der Waals surface area contributed by atoms with Crippen molar-refractivity contribution >= 4 is 23.4 Å². The summed E-state index contributed by atoms with van der Waals surface area (Å²) in [6.07, 6.45) is 7.74. The molecule has 3 fully saturated rings. The largest absolute Gasteiger partial charge is 0.494 e. The van der Waals surface area contributed by atoms with E-state index in [1.165, 1.54) is 0 Å². The van der Waals surface area contributed by atoms with Crippen LogP contribution >= 0.6 is 0 Å². The minimum Gasteiger partial charge on any atom is -0.494 e. The van der Waals surface area contributed by atoms with Crippen molar-refractivity contribution in [2.24, 2.45) is 17.8 Å². The molecule has 10 heteroatoms. The number of hydrogen-bond donors (Lipinski definition) is 2. The van der Waals surface area contributed by atoms with E-state index in [1.807, 2.05) is 37.3 Å². The molecule has 240 valence electrons. The van der Waals surface area contributed by atoms with E-state index in [4.69, 9.17) is 18.9 Å². The molecular weight excluding hydrogens is 574 g/mol. The molecule has 1 aliphatic carbocycles. The number of hydrogen-bond acceptors (Lipinski definition) is 7. The average Bonchev–Trinajstić information content (AvgIpc) is 3.69. The highest BCUT2D eigenvalue weighted by Crippen LogP contribution is 2.55. The van der Waals surface area contributed by atoms with Crippen LogP contribution < -0.4 is 24.8 Å². The van der Waals surface area contributed by atoms with Crippen molar-refractivity contribution in [1.29, 1.82) is 0 Å². The zero-order valence-electron chi connectivity index (χ0n) is 26.4. The summed E-state index contributed by atoms with van der Waals surface area (Å²) in [6, 6.07) is 11.9. The third-order valence-electron chi connectivity index (χ3n) is 9.89. The normalized spacial score (nSPS) is 29.8. The molecule has 10 nitrogen and oxygen atoms in total. The summed E-state index contributed by atoms with van der Waals surface area (Å²) >= 11 is 0. The first-order valence-corrected chi connectivity index (χ1v) is 16.0. The number of carbonyl (C=O) groups is 3. The fraction of sp³-hybridized carbons (Fsp3) is 0.514. The van der Waals surface area contributed by atoms with Gasteiger partial charge in [-0.1, -0.05) is 38.0 Å². The van der Waals surface area contributed by atoms with Crippen molar-refractivity contribution < 1.29 is 33.3 Å². The van der Waals surface area contributed by atoms with E-state index in [0.29, 0.717) is 41.9 Å². The fourth-order valence-corrected chi connectivity index (χ4v) is 7.61. The van der Waals surface area contributed by atoms with Crippen molar-refractivity contribution in [1.82, 2.24) is 10.2 Å². The van der Waals surface area contributed by atoms with Crippen molar-refractivity contribution in [2.75, 3.05) is 32.7 Å². The van der Waals surface area contributed by atoms with Crippen molar-refractivity contribution in [2.45, 2.75) is 69.7 Å². The third kappa shape index (κ3) is 5.65. The summed E-state index contributed by atoms with van der Waals surface area (Å²) in [6.45, 7) is 4.90. The molecule has 4 aliphatic rings. The Balaban J connectivity index is 1.27. The Morgan fingerprint density at radius 1 is 1.02 bits per heavy atom. The van der Waals surface area contributed by atoms with Crippen LogP contribution in [0.25, 0.3) is 0 Å². The molecule has 6 rings (SSSR count). The van der Waals surface area contributed by atoms with Gasteiger partial charge in [-0.05, 0) is 74.1 Å². The molecule has 0 radical (unpaired) electrons. The number of nitrogens with zero attached hydrogens (tertiary/aromatic N) is 1. The summed E-state index contributed by atoms with van der Waals surface area (Å²) in [4.78, 5) is 44.0. The van der Waals surface area contributed by atoms with Crippen LogP contribution in [-0.2, 0) is 25.5 Å². The molecule has 7 atom stereocenters. The lowest BCUT2D eigenvalue weighted by atomic mass is 9.74. The van der Waals surface area contributed by atoms with Gasteiger partial charge in [-0.3, -0.25) is 14.4 Å². The van der Waals surface area contributed by atoms with Gasteiger partial charge in [-0.2, -0.15) is 0 Å². The Morgan fingerprint density at radius 3 is 2.49 bits per heavy atom. The molecule has 2 saturated heterocycles. The topological polar surface area (TPSA) is 115 Å². The summed E-state index contributed by atoms with van der Waals surface area (Å²) in [5.41, 5.74) is 0.309. The summed E-state index contributed by atoms with van der Waals surface area (Å²) in [5, 5.41) is 6.26. The van der Waals surface area contributed by atoms with Gasteiger partial charge >= 0.3 is 0 Å². The number of rotatable bonds is 11. The van der Waals surface area contributed by atoms with Gasteiger partial charge in [-0.25, -0.2) is 0 Å². The van der Waals surface area contributed by atoms with Crippen LogP contribution in [0.2, 0.25) is 0 Å². The van der Waals surface area contributed by atoms with E-state index >= 15 is 0 Å². The monoisotopic (exact) mass is 617 g/mol. The van der Waals surface area contributed by atoms with E-state index < -0.39 is 29.6 Å². The summed E-state index contributed by atoms with van der Waals surface area (Å²) < 4.78 is 22.9. The lowest BCUT2D eigenvalue weighted by Gasteiger charge is -2.36. The number of methoxy groups -OCH3 is 2. The fourth-order valence-electron chi connectivity index (χ4n) is 7.61. The minimum atomic E-state index is -1.22. The molecule has 5 unspecified atom stereocenters. The van der Waals surface area contributed by atoms with E-state index in [2.05, 4.69) is 17.6 Å². The standard InChI is InChI=1S/C35H43N3O7/c1-5-44-24-13-11-23(12-14-24)36-32(39)29-27-16-18-35(45-27)30(29)34(41)38(19-17-22-10-15-26(42-3)28(20-22)43-4)31(35)33(40)37-25-9-7-6-8-21(25)2/h10-16,18,20-21,25,27,29-31H,5-9,17,19H2,1-4H3,(H,36,39)(H,37,40)/t21?,25?,27-,29?,30-,31?,35?/m1/s1. The van der Waals surface area contributed by atoms with E-state index in [9.17, 15) is 14.4 Å². The highest BCUT2D eigenvalue weighted by molar-refractivity contribution is 6.02. The predicted octanol–water partition coefficient (Wildman–Crippen LogP) is 4.13. The van der Waals surface area contributed by atoms with Crippen LogP contribution in [0.1, 0.15) is 45.1 Å². The van der Waals surface area contributed by atoms with Crippen LogP contribution in [0.3, 0.4) is 0 Å². The Labute approximate surface area is 264 Å². The molecule has 1 saturated carbocycles. The maximum Gasteiger partial charge on any atom is 0.246 e. The molecule has 2 aromatic rings. The summed E-state index contributed by atoms with van der Waals surface area (Å²) in [5.74, 6) is -0.117. The second-order valence-corrected chi connectivity index (χ2v) is 12.5. The molecule has 2 bridgehead atoms. The van der Waals surface area contributed by atoms with Gasteiger partial charge < -0.3 is 34.5 Å². The maximum atomic E-state index is 14.4. The Bertz CT molecular complexity index is 1460. The van der Waals surface area contributed by atoms with Gasteiger partial charge in [-0.15, -0.1) is 0 Å². The smallest absolute Gasteiger partial charge is 0.246 e. The number of benzene rings is 2. The van der Waals surface area contributed by atoms with Gasteiger partial charge in [0.1, 0.15) is 17.4 Å². The average molecular weight is 618 g/mol. The number of carbonyl (C=O) groups excluding carboxylic acids is 3. The second-order valence-electron chi connectivity index (χ2n) is 12.5. The molecule has 3 heterocycles. The van der Waals surface area contributed by atoms with Crippen LogP contribution in [0.5, 0.6) is 17.2 Å². The molecule has 3 aliphatic heterocycles. The number of anilines is 1. The van der Waals surface area contributed by atoms with Gasteiger partial charge in [0.15, 0.2) is 11.5 Å². The quantitative estimate of drug-likeness (QED) is 0.365. The first-order chi connectivity index (χ1) is 21.8. The lowest BCUT2D eigenvalue weighted by molar-refractivity contribution is -0.141. The molecule has 2 N–H and O–H groups in total. The number of nitrogens with one attached hydrogen (secondary N) is 2. The third-order valence-corrected chi connectivity index (χ3v) is 9.89. The SMILES string of the molecule is CCOc1ccc(NC(=O)C2[C@H]3C=CC4(O3)C(C(=O)NC3CCCCC3C)N(CCc3ccc(OC)c(OC)c3)C(=O)[C@@H]24)cc1. The number of fused-ring (bicyclic) bond motifs is 1. The molecule has 1 spiro atoms. The zero-order valence-corrected chi connectivity index (χ0v) is 26.4. The highest BCUT2D eigenvalue weighted by atomic mass is 16.5. The van der Waals surface area contributed by atoms with Crippen LogP contribution in [0.4, 0.5) is 5.69 Å². The number of ether oxygens (including phenoxy) is 4. The lowest BCUT2D eigenvalue weighted by Crippen LogP contribution is -2.57. The maximum absolute atomic E-state index is 14.4. The first-order valence-electron chi connectivity index (χ1n) is 16.0. The van der Waals surface area contributed by atoms with E-state index in [-0.39, 0.29) is 30.3 Å². The Hall–Kier alpha value is -4.05. The molecular formula is C35H43N3O7.